The highest BCUT2D eigenvalue weighted by Crippen LogP contribution is 2.06. The van der Waals surface area contributed by atoms with Gasteiger partial charge in [-0.15, -0.1) is 0 Å². The lowest BCUT2D eigenvalue weighted by Gasteiger charge is -2.23. The maximum Gasteiger partial charge on any atom is 0.321 e. The van der Waals surface area contributed by atoms with E-state index in [0.717, 1.165) is 13.1 Å². The molecule has 0 radical (unpaired) electrons. The minimum absolute atomic E-state index is 0.0180. The fraction of sp³-hybridized carbons (Fsp3) is 0.786. The van der Waals surface area contributed by atoms with Crippen molar-refractivity contribution in [3.63, 3.8) is 0 Å². The van der Waals surface area contributed by atoms with Crippen molar-refractivity contribution >= 4 is 17.9 Å². The average Bonchev–Trinajstić information content (AvgIpc) is 2.33. The molecule has 0 aromatic carbocycles. The second-order valence-electron chi connectivity index (χ2n) is 5.32. The van der Waals surface area contributed by atoms with Crippen molar-refractivity contribution in [2.45, 2.75) is 46.6 Å². The Morgan fingerprint density at radius 1 is 1.10 bits per heavy atom. The average molecular weight is 301 g/mol. The van der Waals surface area contributed by atoms with Crippen LogP contribution in [0.25, 0.3) is 0 Å². The molecule has 0 aliphatic rings. The van der Waals surface area contributed by atoms with Gasteiger partial charge in [0, 0.05) is 25.4 Å². The quantitative estimate of drug-likeness (QED) is 0.591. The van der Waals surface area contributed by atoms with E-state index in [2.05, 4.69) is 15.5 Å². The van der Waals surface area contributed by atoms with E-state index in [1.165, 1.54) is 0 Å². The van der Waals surface area contributed by atoms with Crippen LogP contribution in [0.2, 0.25) is 0 Å². The van der Waals surface area contributed by atoms with Gasteiger partial charge in [0.15, 0.2) is 0 Å². The van der Waals surface area contributed by atoms with Crippen molar-refractivity contribution < 1.29 is 19.5 Å². The number of carboxylic acids is 1. The highest BCUT2D eigenvalue weighted by Gasteiger charge is 2.16. The zero-order chi connectivity index (χ0) is 16.4. The third kappa shape index (κ3) is 9.84. The first-order valence-corrected chi connectivity index (χ1v) is 7.32. The molecule has 0 aliphatic carbocycles. The zero-order valence-corrected chi connectivity index (χ0v) is 13.3. The van der Waals surface area contributed by atoms with Gasteiger partial charge >= 0.3 is 12.0 Å². The summed E-state index contributed by atoms with van der Waals surface area (Å²) in [6, 6.07) is -0.615. The van der Waals surface area contributed by atoms with Gasteiger partial charge < -0.3 is 15.3 Å². The molecule has 2 atom stereocenters. The number of nitrogens with one attached hydrogen (secondary N) is 2. The monoisotopic (exact) mass is 301 g/mol. The lowest BCUT2D eigenvalue weighted by Crippen LogP contribution is -2.47. The van der Waals surface area contributed by atoms with E-state index in [0.29, 0.717) is 6.54 Å². The lowest BCUT2D eigenvalue weighted by molar-refractivity contribution is -0.138. The second-order valence-corrected chi connectivity index (χ2v) is 5.32. The summed E-state index contributed by atoms with van der Waals surface area (Å²) in [6.07, 6.45) is -0.0719. The van der Waals surface area contributed by atoms with Gasteiger partial charge in [-0.3, -0.25) is 14.9 Å². The van der Waals surface area contributed by atoms with E-state index in [9.17, 15) is 14.4 Å². The Bertz CT molecular complexity index is 356. The number of likely N-dealkylation sites (N-methyl/N-ethyl adjacent to an activating group) is 1. The molecule has 21 heavy (non-hydrogen) atoms. The van der Waals surface area contributed by atoms with E-state index in [1.54, 1.807) is 6.92 Å². The van der Waals surface area contributed by atoms with Crippen LogP contribution in [0, 0.1) is 5.92 Å². The van der Waals surface area contributed by atoms with Crippen LogP contribution < -0.4 is 10.6 Å². The van der Waals surface area contributed by atoms with Crippen LogP contribution in [0.15, 0.2) is 0 Å². The summed E-state index contributed by atoms with van der Waals surface area (Å²) in [6.45, 7) is 10.1. The van der Waals surface area contributed by atoms with Gasteiger partial charge in [0.25, 0.3) is 0 Å². The minimum atomic E-state index is -0.951. The van der Waals surface area contributed by atoms with Gasteiger partial charge in [-0.1, -0.05) is 20.8 Å². The Labute approximate surface area is 126 Å². The number of rotatable bonds is 9. The van der Waals surface area contributed by atoms with Gasteiger partial charge in [0.1, 0.15) is 0 Å². The molecule has 0 heterocycles. The van der Waals surface area contributed by atoms with Gasteiger partial charge in [-0.2, -0.15) is 0 Å². The van der Waals surface area contributed by atoms with Crippen molar-refractivity contribution in [3.8, 4) is 0 Å². The highest BCUT2D eigenvalue weighted by atomic mass is 16.4. The molecule has 0 saturated heterocycles. The van der Waals surface area contributed by atoms with Crippen LogP contribution in [-0.4, -0.2) is 53.6 Å². The number of hydrogen-bond acceptors (Lipinski definition) is 4. The summed E-state index contributed by atoms with van der Waals surface area (Å²) < 4.78 is 0. The van der Waals surface area contributed by atoms with Crippen molar-refractivity contribution in [3.05, 3.63) is 0 Å². The molecule has 0 aliphatic heterocycles. The summed E-state index contributed by atoms with van der Waals surface area (Å²) in [7, 11) is 0. The Morgan fingerprint density at radius 3 is 2.14 bits per heavy atom. The predicted octanol–water partition coefficient (Wildman–Crippen LogP) is 1.04. The SMILES string of the molecule is CCN(CC)CC(C)NC(=O)NC(=O)CC(C)CC(=O)O. The Balaban J connectivity index is 4.07. The molecule has 0 fully saturated rings. The summed E-state index contributed by atoms with van der Waals surface area (Å²) in [4.78, 5) is 35.9. The third-order valence-corrected chi connectivity index (χ3v) is 3.11. The normalized spacial score (nSPS) is 13.6. The molecule has 0 saturated carbocycles. The summed E-state index contributed by atoms with van der Waals surface area (Å²) >= 11 is 0. The second kappa shape index (κ2) is 10.1. The lowest BCUT2D eigenvalue weighted by atomic mass is 10.0. The predicted molar refractivity (Wildman–Crippen MR) is 80.0 cm³/mol. The number of hydrogen-bond donors (Lipinski definition) is 3. The fourth-order valence-electron chi connectivity index (χ4n) is 2.04. The molecular weight excluding hydrogens is 274 g/mol. The largest absolute Gasteiger partial charge is 0.481 e. The molecule has 122 valence electrons. The van der Waals surface area contributed by atoms with Crippen LogP contribution in [0.1, 0.15) is 40.5 Å². The summed E-state index contributed by atoms with van der Waals surface area (Å²) in [5, 5.41) is 13.5. The van der Waals surface area contributed by atoms with Crippen LogP contribution in [-0.2, 0) is 9.59 Å². The maximum atomic E-state index is 11.6. The minimum Gasteiger partial charge on any atom is -0.481 e. The van der Waals surface area contributed by atoms with E-state index in [-0.39, 0.29) is 24.8 Å². The standard InChI is InChI=1S/C14H27N3O4/c1-5-17(6-2)9-11(4)15-14(21)16-12(18)7-10(3)8-13(19)20/h10-11H,5-9H2,1-4H3,(H,19,20)(H2,15,16,18,21). The van der Waals surface area contributed by atoms with Gasteiger partial charge in [-0.25, -0.2) is 4.79 Å². The first-order valence-electron chi connectivity index (χ1n) is 7.32. The number of urea groups is 1. The highest BCUT2D eigenvalue weighted by molar-refractivity contribution is 5.94. The summed E-state index contributed by atoms with van der Waals surface area (Å²) in [5.74, 6) is -1.72. The molecule has 0 aromatic rings. The van der Waals surface area contributed by atoms with Crippen molar-refractivity contribution in [1.29, 1.82) is 0 Å². The number of imide groups is 1. The Morgan fingerprint density at radius 2 is 1.67 bits per heavy atom. The third-order valence-electron chi connectivity index (χ3n) is 3.11. The first-order chi connectivity index (χ1) is 9.78. The molecule has 7 heteroatoms. The molecule has 0 spiro atoms. The van der Waals surface area contributed by atoms with E-state index >= 15 is 0 Å². The van der Waals surface area contributed by atoms with Crippen LogP contribution in [0.5, 0.6) is 0 Å². The number of carboxylic acid groups (broad SMARTS) is 1. The number of amides is 3. The number of carbonyl (C=O) groups excluding carboxylic acids is 2. The molecule has 0 rings (SSSR count). The van der Waals surface area contributed by atoms with E-state index < -0.39 is 17.9 Å². The smallest absolute Gasteiger partial charge is 0.321 e. The van der Waals surface area contributed by atoms with Gasteiger partial charge in [-0.05, 0) is 25.9 Å². The zero-order valence-electron chi connectivity index (χ0n) is 13.3. The van der Waals surface area contributed by atoms with Crippen LogP contribution in [0.3, 0.4) is 0 Å². The van der Waals surface area contributed by atoms with E-state index in [1.807, 2.05) is 20.8 Å². The molecule has 0 bridgehead atoms. The van der Waals surface area contributed by atoms with Gasteiger partial charge in [0.2, 0.25) is 5.91 Å². The van der Waals surface area contributed by atoms with E-state index in [4.69, 9.17) is 5.11 Å². The molecule has 0 aromatic heterocycles. The van der Waals surface area contributed by atoms with Crippen molar-refractivity contribution in [1.82, 2.24) is 15.5 Å². The maximum absolute atomic E-state index is 11.6. The Hall–Kier alpha value is -1.63. The van der Waals surface area contributed by atoms with Gasteiger partial charge in [0.05, 0.1) is 0 Å². The molecule has 7 nitrogen and oxygen atoms in total. The van der Waals surface area contributed by atoms with Crippen molar-refractivity contribution in [2.75, 3.05) is 19.6 Å². The Kier molecular flexibility index (Phi) is 9.36. The number of aliphatic carboxylic acids is 1. The topological polar surface area (TPSA) is 98.7 Å². The molecule has 3 amide bonds. The fourth-order valence-corrected chi connectivity index (χ4v) is 2.04. The van der Waals surface area contributed by atoms with Crippen LogP contribution >= 0.6 is 0 Å². The van der Waals surface area contributed by atoms with Crippen LogP contribution in [0.4, 0.5) is 4.79 Å². The molecular formula is C14H27N3O4. The number of carbonyl (C=O) groups is 3. The first kappa shape index (κ1) is 19.4. The molecule has 2 unspecified atom stereocenters. The number of nitrogens with zero attached hydrogens (tertiary/aromatic N) is 1. The summed E-state index contributed by atoms with van der Waals surface area (Å²) in [5.41, 5.74) is 0. The molecule has 3 N–H and O–H groups in total. The van der Waals surface area contributed by atoms with Crippen molar-refractivity contribution in [2.24, 2.45) is 5.92 Å².